The monoisotopic (exact) mass is 275 g/mol. The van der Waals surface area contributed by atoms with Crippen LogP contribution in [0.2, 0.25) is 0 Å². The highest BCUT2D eigenvalue weighted by molar-refractivity contribution is 5.52. The molecule has 0 aliphatic carbocycles. The maximum Gasteiger partial charge on any atom is 0.245 e. The molecule has 1 aliphatic rings. The minimum atomic E-state index is 0.467. The fraction of sp³-hybridized carbons (Fsp3) is 0.615. The number of nitrogens with zero attached hydrogens (tertiary/aromatic N) is 5. The molecule has 1 fully saturated rings. The number of hydrogen-bond acceptors (Lipinski definition) is 5. The van der Waals surface area contributed by atoms with Crippen molar-refractivity contribution in [1.82, 2.24) is 30.3 Å². The van der Waals surface area contributed by atoms with Gasteiger partial charge in [-0.15, -0.1) is 5.10 Å². The SMILES string of the molecule is CCn1nc(C)cc1-c1nc(N2CCNC(C)C2)n[nH]1. The van der Waals surface area contributed by atoms with Crippen LogP contribution in [0.5, 0.6) is 0 Å². The average molecular weight is 275 g/mol. The second-order valence-corrected chi connectivity index (χ2v) is 5.27. The Morgan fingerprint density at radius 2 is 2.30 bits per heavy atom. The summed E-state index contributed by atoms with van der Waals surface area (Å²) >= 11 is 0. The quantitative estimate of drug-likeness (QED) is 0.866. The highest BCUT2D eigenvalue weighted by Crippen LogP contribution is 2.19. The summed E-state index contributed by atoms with van der Waals surface area (Å²) in [5.74, 6) is 1.56. The molecule has 2 N–H and O–H groups in total. The maximum atomic E-state index is 4.63. The second kappa shape index (κ2) is 5.24. The second-order valence-electron chi connectivity index (χ2n) is 5.27. The van der Waals surface area contributed by atoms with E-state index in [-0.39, 0.29) is 0 Å². The molecule has 0 spiro atoms. The zero-order valence-corrected chi connectivity index (χ0v) is 12.2. The number of aryl methyl sites for hydroxylation is 2. The minimum Gasteiger partial charge on any atom is -0.337 e. The fourth-order valence-corrected chi connectivity index (χ4v) is 2.60. The van der Waals surface area contributed by atoms with E-state index in [0.717, 1.165) is 49.3 Å². The Labute approximate surface area is 118 Å². The molecule has 0 amide bonds. The predicted molar refractivity (Wildman–Crippen MR) is 77.7 cm³/mol. The first kappa shape index (κ1) is 13.1. The lowest BCUT2D eigenvalue weighted by molar-refractivity contribution is 0.480. The highest BCUT2D eigenvalue weighted by atomic mass is 15.4. The van der Waals surface area contributed by atoms with Gasteiger partial charge in [-0.1, -0.05) is 0 Å². The van der Waals surface area contributed by atoms with Crippen LogP contribution in [0.4, 0.5) is 5.95 Å². The summed E-state index contributed by atoms with van der Waals surface area (Å²) in [4.78, 5) is 6.84. The molecule has 1 saturated heterocycles. The van der Waals surface area contributed by atoms with Gasteiger partial charge in [-0.25, -0.2) is 0 Å². The third-order valence-corrected chi connectivity index (χ3v) is 3.57. The Kier molecular flexibility index (Phi) is 3.43. The lowest BCUT2D eigenvalue weighted by Crippen LogP contribution is -2.49. The largest absolute Gasteiger partial charge is 0.337 e. The first-order chi connectivity index (χ1) is 9.67. The van der Waals surface area contributed by atoms with E-state index in [4.69, 9.17) is 0 Å². The van der Waals surface area contributed by atoms with E-state index in [0.29, 0.717) is 6.04 Å². The molecule has 1 aliphatic heterocycles. The molecule has 3 rings (SSSR count). The van der Waals surface area contributed by atoms with E-state index in [1.165, 1.54) is 0 Å². The Bertz CT molecular complexity index is 585. The number of hydrogen-bond donors (Lipinski definition) is 2. The first-order valence-electron chi connectivity index (χ1n) is 7.13. The van der Waals surface area contributed by atoms with Crippen molar-refractivity contribution in [1.29, 1.82) is 0 Å². The molecule has 1 unspecified atom stereocenters. The summed E-state index contributed by atoms with van der Waals surface area (Å²) in [6, 6.07) is 2.50. The maximum absolute atomic E-state index is 4.63. The van der Waals surface area contributed by atoms with Crippen LogP contribution >= 0.6 is 0 Å². The summed E-state index contributed by atoms with van der Waals surface area (Å²) in [6.07, 6.45) is 0. The summed E-state index contributed by atoms with van der Waals surface area (Å²) in [7, 11) is 0. The topological polar surface area (TPSA) is 74.7 Å². The van der Waals surface area contributed by atoms with Gasteiger partial charge in [0, 0.05) is 32.2 Å². The summed E-state index contributed by atoms with van der Waals surface area (Å²) in [5.41, 5.74) is 1.99. The minimum absolute atomic E-state index is 0.467. The summed E-state index contributed by atoms with van der Waals surface area (Å²) < 4.78 is 1.94. The molecule has 108 valence electrons. The van der Waals surface area contributed by atoms with Crippen molar-refractivity contribution < 1.29 is 0 Å². The van der Waals surface area contributed by atoms with Gasteiger partial charge in [0.1, 0.15) is 5.69 Å². The lowest BCUT2D eigenvalue weighted by Gasteiger charge is -2.30. The Hall–Kier alpha value is -1.89. The van der Waals surface area contributed by atoms with E-state index >= 15 is 0 Å². The number of piperazine rings is 1. The number of aromatic nitrogens is 5. The third-order valence-electron chi connectivity index (χ3n) is 3.57. The Balaban J connectivity index is 1.86. The zero-order valence-electron chi connectivity index (χ0n) is 12.2. The average Bonchev–Trinajstić information content (AvgIpc) is 3.04. The van der Waals surface area contributed by atoms with Gasteiger partial charge in [0.2, 0.25) is 5.95 Å². The van der Waals surface area contributed by atoms with E-state index in [1.54, 1.807) is 0 Å². The van der Waals surface area contributed by atoms with E-state index < -0.39 is 0 Å². The Morgan fingerprint density at radius 3 is 3.05 bits per heavy atom. The summed E-state index contributed by atoms with van der Waals surface area (Å²) in [6.45, 7) is 9.91. The van der Waals surface area contributed by atoms with Gasteiger partial charge >= 0.3 is 0 Å². The van der Waals surface area contributed by atoms with Crippen LogP contribution in [-0.2, 0) is 6.54 Å². The van der Waals surface area contributed by atoms with Gasteiger partial charge < -0.3 is 10.2 Å². The lowest BCUT2D eigenvalue weighted by atomic mass is 10.2. The number of anilines is 1. The molecule has 2 aromatic rings. The van der Waals surface area contributed by atoms with Crippen LogP contribution in [0.1, 0.15) is 19.5 Å². The van der Waals surface area contributed by atoms with Crippen molar-refractivity contribution in [3.05, 3.63) is 11.8 Å². The molecule has 20 heavy (non-hydrogen) atoms. The van der Waals surface area contributed by atoms with Gasteiger partial charge in [0.15, 0.2) is 5.82 Å². The zero-order chi connectivity index (χ0) is 14.1. The molecule has 0 saturated carbocycles. The van der Waals surface area contributed by atoms with Gasteiger partial charge in [0.25, 0.3) is 0 Å². The number of aromatic amines is 1. The Morgan fingerprint density at radius 1 is 1.45 bits per heavy atom. The van der Waals surface area contributed by atoms with E-state index in [9.17, 15) is 0 Å². The first-order valence-corrected chi connectivity index (χ1v) is 7.13. The number of rotatable bonds is 3. The van der Waals surface area contributed by atoms with Gasteiger partial charge in [-0.2, -0.15) is 10.1 Å². The van der Waals surface area contributed by atoms with Crippen molar-refractivity contribution in [2.45, 2.75) is 33.4 Å². The molecule has 3 heterocycles. The molecular weight excluding hydrogens is 254 g/mol. The molecule has 1 atom stereocenters. The van der Waals surface area contributed by atoms with E-state index in [2.05, 4.69) is 44.3 Å². The smallest absolute Gasteiger partial charge is 0.245 e. The number of nitrogens with one attached hydrogen (secondary N) is 2. The molecule has 7 nitrogen and oxygen atoms in total. The number of H-pyrrole nitrogens is 1. The van der Waals surface area contributed by atoms with Crippen LogP contribution in [0.3, 0.4) is 0 Å². The molecule has 0 radical (unpaired) electrons. The molecular formula is C13H21N7. The van der Waals surface area contributed by atoms with Crippen molar-refractivity contribution in [2.75, 3.05) is 24.5 Å². The fourth-order valence-electron chi connectivity index (χ4n) is 2.60. The molecule has 0 aromatic carbocycles. The van der Waals surface area contributed by atoms with Crippen LogP contribution in [0, 0.1) is 6.92 Å². The molecule has 2 aromatic heterocycles. The summed E-state index contributed by atoms with van der Waals surface area (Å²) in [5, 5.41) is 15.3. The van der Waals surface area contributed by atoms with Crippen molar-refractivity contribution in [3.8, 4) is 11.5 Å². The van der Waals surface area contributed by atoms with Gasteiger partial charge in [0.05, 0.1) is 5.69 Å². The van der Waals surface area contributed by atoms with Crippen molar-refractivity contribution in [3.63, 3.8) is 0 Å². The van der Waals surface area contributed by atoms with Crippen LogP contribution in [0.25, 0.3) is 11.5 Å². The normalized spacial score (nSPS) is 19.6. The van der Waals surface area contributed by atoms with Crippen molar-refractivity contribution >= 4 is 5.95 Å². The van der Waals surface area contributed by atoms with E-state index in [1.807, 2.05) is 17.7 Å². The van der Waals surface area contributed by atoms with Gasteiger partial charge in [-0.05, 0) is 26.8 Å². The highest BCUT2D eigenvalue weighted by Gasteiger charge is 2.20. The standard InChI is InChI=1S/C13H21N7/c1-4-20-11(7-9(2)18-20)12-15-13(17-16-12)19-6-5-14-10(3)8-19/h7,10,14H,4-6,8H2,1-3H3,(H,15,16,17). The van der Waals surface area contributed by atoms with Crippen molar-refractivity contribution in [2.24, 2.45) is 0 Å². The van der Waals surface area contributed by atoms with Gasteiger partial charge in [-0.3, -0.25) is 9.78 Å². The van der Waals surface area contributed by atoms with Crippen LogP contribution in [0.15, 0.2) is 6.07 Å². The van der Waals surface area contributed by atoms with Crippen LogP contribution in [-0.4, -0.2) is 50.6 Å². The third kappa shape index (κ3) is 2.40. The predicted octanol–water partition coefficient (Wildman–Crippen LogP) is 0.795. The molecule has 7 heteroatoms. The van der Waals surface area contributed by atoms with Crippen LogP contribution < -0.4 is 10.2 Å². The molecule has 0 bridgehead atoms.